The van der Waals surface area contributed by atoms with E-state index in [-0.39, 0.29) is 17.0 Å². The molecule has 3 aromatic rings. The molecule has 2 aliphatic rings. The third-order valence-corrected chi connectivity index (χ3v) is 6.38. The molecule has 0 bridgehead atoms. The Labute approximate surface area is 218 Å². The summed E-state index contributed by atoms with van der Waals surface area (Å²) in [6.45, 7) is 4.85. The molecule has 1 amide bonds. The number of benzene rings is 2. The average Bonchev–Trinajstić information content (AvgIpc) is 3.41. The second-order valence-electron chi connectivity index (χ2n) is 8.75. The summed E-state index contributed by atoms with van der Waals surface area (Å²) in [6, 6.07) is 7.85. The van der Waals surface area contributed by atoms with Crippen LogP contribution in [0.5, 0.6) is 5.75 Å². The Kier molecular flexibility index (Phi) is 8.10. The molecule has 2 N–H and O–H groups in total. The standard InChI is InChI=1S/C26H27ClFN5O4/c27-20-12-17(3-4-21(20)28)31-26-19-13-23(32-25(34)2-1-6-33-7-10-35-11-8-33)24(14-22(19)29-16-30-26)37-18-5-9-36-15-18/h1-4,12-14,16,18H,5-11,15H2,(H,32,34)(H,29,30,31)/b2-1+/t18-/m0/s1. The number of nitrogens with zero attached hydrogens (tertiary/aromatic N) is 3. The Balaban J connectivity index is 1.41. The van der Waals surface area contributed by atoms with Gasteiger partial charge in [-0.25, -0.2) is 14.4 Å². The molecule has 3 heterocycles. The van der Waals surface area contributed by atoms with Crippen LogP contribution in [0.25, 0.3) is 10.9 Å². The third kappa shape index (κ3) is 6.53. The van der Waals surface area contributed by atoms with E-state index in [0.29, 0.717) is 66.8 Å². The highest BCUT2D eigenvalue weighted by Crippen LogP contribution is 2.35. The SMILES string of the molecule is O=C(/C=C/CN1CCOCC1)Nc1cc2c(Nc3ccc(F)c(Cl)c3)ncnc2cc1O[C@H]1CCOC1. The summed E-state index contributed by atoms with van der Waals surface area (Å²) in [6.07, 6.45) is 5.41. The zero-order chi connectivity index (χ0) is 25.6. The Hall–Kier alpha value is -3.31. The maximum atomic E-state index is 13.6. The van der Waals surface area contributed by atoms with Crippen molar-refractivity contribution in [3.8, 4) is 5.75 Å². The number of hydrogen-bond acceptors (Lipinski definition) is 8. The van der Waals surface area contributed by atoms with Crippen LogP contribution in [0.2, 0.25) is 5.02 Å². The number of ether oxygens (including phenoxy) is 3. The van der Waals surface area contributed by atoms with Crippen LogP contribution < -0.4 is 15.4 Å². The second-order valence-corrected chi connectivity index (χ2v) is 9.16. The molecule has 194 valence electrons. The number of carbonyl (C=O) groups excluding carboxylic acids is 1. The van der Waals surface area contributed by atoms with Gasteiger partial charge in [-0.05, 0) is 24.3 Å². The van der Waals surface area contributed by atoms with Crippen LogP contribution >= 0.6 is 11.6 Å². The Morgan fingerprint density at radius 3 is 2.84 bits per heavy atom. The molecule has 0 radical (unpaired) electrons. The van der Waals surface area contributed by atoms with Crippen molar-refractivity contribution in [3.63, 3.8) is 0 Å². The maximum absolute atomic E-state index is 13.6. The van der Waals surface area contributed by atoms with E-state index >= 15 is 0 Å². The largest absolute Gasteiger partial charge is 0.486 e. The Morgan fingerprint density at radius 1 is 1.19 bits per heavy atom. The van der Waals surface area contributed by atoms with E-state index in [4.69, 9.17) is 25.8 Å². The number of anilines is 3. The van der Waals surface area contributed by atoms with Crippen molar-refractivity contribution in [3.05, 3.63) is 59.7 Å². The van der Waals surface area contributed by atoms with Crippen molar-refractivity contribution < 1.29 is 23.4 Å². The maximum Gasteiger partial charge on any atom is 0.248 e. The number of amides is 1. The fraction of sp³-hybridized carbons (Fsp3) is 0.346. The number of fused-ring (bicyclic) bond motifs is 1. The average molecular weight is 528 g/mol. The van der Waals surface area contributed by atoms with Gasteiger partial charge in [-0.15, -0.1) is 0 Å². The molecule has 1 aromatic heterocycles. The van der Waals surface area contributed by atoms with Crippen LogP contribution in [0.4, 0.5) is 21.6 Å². The first-order valence-corrected chi connectivity index (χ1v) is 12.5. The Morgan fingerprint density at radius 2 is 2.05 bits per heavy atom. The molecule has 2 aliphatic heterocycles. The normalized spacial score (nSPS) is 18.4. The van der Waals surface area contributed by atoms with E-state index in [1.165, 1.54) is 24.5 Å². The number of carbonyl (C=O) groups is 1. The first-order valence-electron chi connectivity index (χ1n) is 12.1. The molecular formula is C26H27ClFN5O4. The topological polar surface area (TPSA) is 97.8 Å². The molecule has 0 aliphatic carbocycles. The molecule has 0 saturated carbocycles. The molecule has 0 spiro atoms. The van der Waals surface area contributed by atoms with E-state index in [1.807, 2.05) is 6.08 Å². The Bertz CT molecular complexity index is 1300. The van der Waals surface area contributed by atoms with Crippen molar-refractivity contribution in [1.82, 2.24) is 14.9 Å². The fourth-order valence-corrected chi connectivity index (χ4v) is 4.32. The van der Waals surface area contributed by atoms with Gasteiger partial charge >= 0.3 is 0 Å². The van der Waals surface area contributed by atoms with Crippen molar-refractivity contribution in [2.75, 3.05) is 56.7 Å². The van der Waals surface area contributed by atoms with Crippen molar-refractivity contribution >= 4 is 45.6 Å². The fourth-order valence-electron chi connectivity index (χ4n) is 4.14. The summed E-state index contributed by atoms with van der Waals surface area (Å²) in [5.74, 6) is 0.176. The monoisotopic (exact) mass is 527 g/mol. The quantitative estimate of drug-likeness (QED) is 0.421. The van der Waals surface area contributed by atoms with Crippen LogP contribution in [0.15, 0.2) is 48.8 Å². The van der Waals surface area contributed by atoms with Crippen LogP contribution in [0.1, 0.15) is 6.42 Å². The zero-order valence-electron chi connectivity index (χ0n) is 20.1. The summed E-state index contributed by atoms with van der Waals surface area (Å²) >= 11 is 5.94. The molecule has 0 unspecified atom stereocenters. The van der Waals surface area contributed by atoms with Gasteiger partial charge in [0.2, 0.25) is 5.91 Å². The van der Waals surface area contributed by atoms with Gasteiger partial charge in [0.15, 0.2) is 0 Å². The number of aromatic nitrogens is 2. The lowest BCUT2D eigenvalue weighted by atomic mass is 10.1. The van der Waals surface area contributed by atoms with Gasteiger partial charge in [0.05, 0.1) is 42.7 Å². The molecule has 2 saturated heterocycles. The summed E-state index contributed by atoms with van der Waals surface area (Å²) in [4.78, 5) is 23.8. The first kappa shape index (κ1) is 25.3. The number of nitrogens with one attached hydrogen (secondary N) is 2. The van der Waals surface area contributed by atoms with Gasteiger partial charge in [0.25, 0.3) is 0 Å². The highest BCUT2D eigenvalue weighted by atomic mass is 35.5. The predicted molar refractivity (Wildman–Crippen MR) is 139 cm³/mol. The number of rotatable bonds is 8. The van der Waals surface area contributed by atoms with Gasteiger partial charge in [-0.2, -0.15) is 0 Å². The smallest absolute Gasteiger partial charge is 0.248 e. The van der Waals surface area contributed by atoms with E-state index in [1.54, 1.807) is 18.2 Å². The zero-order valence-corrected chi connectivity index (χ0v) is 20.8. The molecule has 11 heteroatoms. The number of halogens is 2. The van der Waals surface area contributed by atoms with Gasteiger partial charge in [0.1, 0.15) is 29.8 Å². The summed E-state index contributed by atoms with van der Waals surface area (Å²) in [5, 5.41) is 6.73. The predicted octanol–water partition coefficient (Wildman–Crippen LogP) is 4.16. The lowest BCUT2D eigenvalue weighted by Gasteiger charge is -2.25. The lowest BCUT2D eigenvalue weighted by molar-refractivity contribution is -0.111. The van der Waals surface area contributed by atoms with Crippen molar-refractivity contribution in [2.24, 2.45) is 0 Å². The molecule has 2 aromatic carbocycles. The van der Waals surface area contributed by atoms with Crippen LogP contribution in [-0.4, -0.2) is 72.9 Å². The van der Waals surface area contributed by atoms with E-state index in [0.717, 1.165) is 19.5 Å². The lowest BCUT2D eigenvalue weighted by Crippen LogP contribution is -2.36. The summed E-state index contributed by atoms with van der Waals surface area (Å²) in [5.41, 5.74) is 1.65. The van der Waals surface area contributed by atoms with E-state index in [2.05, 4.69) is 25.5 Å². The van der Waals surface area contributed by atoms with Crippen LogP contribution in [0, 0.1) is 5.82 Å². The van der Waals surface area contributed by atoms with Gasteiger partial charge in [-0.1, -0.05) is 17.7 Å². The highest BCUT2D eigenvalue weighted by molar-refractivity contribution is 6.31. The minimum absolute atomic E-state index is 0.00495. The number of hydrogen-bond donors (Lipinski definition) is 2. The van der Waals surface area contributed by atoms with Crippen LogP contribution in [-0.2, 0) is 14.3 Å². The highest BCUT2D eigenvalue weighted by Gasteiger charge is 2.21. The molecule has 37 heavy (non-hydrogen) atoms. The van der Waals surface area contributed by atoms with Gasteiger partial charge < -0.3 is 24.8 Å². The van der Waals surface area contributed by atoms with Gasteiger partial charge in [0, 0.05) is 49.3 Å². The molecule has 1 atom stereocenters. The third-order valence-electron chi connectivity index (χ3n) is 6.09. The van der Waals surface area contributed by atoms with E-state index in [9.17, 15) is 9.18 Å². The van der Waals surface area contributed by atoms with Crippen molar-refractivity contribution in [1.29, 1.82) is 0 Å². The first-order chi connectivity index (χ1) is 18.0. The second kappa shape index (κ2) is 11.8. The summed E-state index contributed by atoms with van der Waals surface area (Å²) < 4.78 is 30.6. The number of morpholine rings is 1. The minimum atomic E-state index is -0.510. The molecule has 2 fully saturated rings. The van der Waals surface area contributed by atoms with Gasteiger partial charge in [-0.3, -0.25) is 9.69 Å². The molecule has 9 nitrogen and oxygen atoms in total. The van der Waals surface area contributed by atoms with Crippen molar-refractivity contribution in [2.45, 2.75) is 12.5 Å². The minimum Gasteiger partial charge on any atom is -0.486 e. The van der Waals surface area contributed by atoms with Crippen LogP contribution in [0.3, 0.4) is 0 Å². The van der Waals surface area contributed by atoms with E-state index < -0.39 is 5.82 Å². The summed E-state index contributed by atoms with van der Waals surface area (Å²) in [7, 11) is 0. The molecule has 5 rings (SSSR count). The molecular weight excluding hydrogens is 501 g/mol.